The predicted molar refractivity (Wildman–Crippen MR) is 102 cm³/mol. The molecule has 8 nitrogen and oxygen atoms in total. The average molecular weight is 412 g/mol. The van der Waals surface area contributed by atoms with Gasteiger partial charge in [-0.15, -0.1) is 14.6 Å². The van der Waals surface area contributed by atoms with Crippen molar-refractivity contribution in [2.45, 2.75) is 35.5 Å². The van der Waals surface area contributed by atoms with Crippen LogP contribution < -0.4 is 10.6 Å². The Morgan fingerprint density at radius 2 is 1.96 bits per heavy atom. The Morgan fingerprint density at radius 3 is 2.69 bits per heavy atom. The van der Waals surface area contributed by atoms with Crippen LogP contribution in [-0.2, 0) is 14.8 Å². The van der Waals surface area contributed by atoms with E-state index in [1.165, 1.54) is 29.2 Å². The van der Waals surface area contributed by atoms with Crippen molar-refractivity contribution < 1.29 is 13.2 Å². The van der Waals surface area contributed by atoms with Crippen molar-refractivity contribution in [3.63, 3.8) is 0 Å². The second-order valence-corrected chi connectivity index (χ2v) is 10.3. The van der Waals surface area contributed by atoms with Gasteiger partial charge < -0.3 is 10.6 Å². The number of nitrogens with one attached hydrogen (secondary N) is 2. The van der Waals surface area contributed by atoms with Gasteiger partial charge in [0.1, 0.15) is 4.90 Å². The number of rotatable bonds is 4. The summed E-state index contributed by atoms with van der Waals surface area (Å²) in [6, 6.07) is 6.58. The summed E-state index contributed by atoms with van der Waals surface area (Å²) in [7, 11) is -3.68. The number of nitrogens with zero attached hydrogens (tertiary/aromatic N) is 3. The quantitative estimate of drug-likeness (QED) is 0.741. The summed E-state index contributed by atoms with van der Waals surface area (Å²) in [4.78, 5) is 12.0. The van der Waals surface area contributed by atoms with Crippen LogP contribution in [0.2, 0.25) is 0 Å². The second kappa shape index (κ2) is 6.97. The van der Waals surface area contributed by atoms with Gasteiger partial charge in [0.05, 0.1) is 5.75 Å². The zero-order valence-corrected chi connectivity index (χ0v) is 16.8. The first kappa shape index (κ1) is 18.8. The first-order valence-corrected chi connectivity index (χ1v) is 10.9. The lowest BCUT2D eigenvalue weighted by molar-refractivity contribution is -0.119. The highest BCUT2D eigenvalue weighted by atomic mass is 32.2. The van der Waals surface area contributed by atoms with Gasteiger partial charge in [0.15, 0.2) is 10.2 Å². The molecule has 1 aromatic carbocycles. The first-order chi connectivity index (χ1) is 12.1. The number of benzene rings is 1. The monoisotopic (exact) mass is 411 g/mol. The van der Waals surface area contributed by atoms with E-state index in [2.05, 4.69) is 25.2 Å². The molecule has 2 heterocycles. The van der Waals surface area contributed by atoms with E-state index in [1.807, 2.05) is 20.8 Å². The number of anilines is 1. The van der Waals surface area contributed by atoms with Crippen LogP contribution in [0.25, 0.3) is 0 Å². The lowest BCUT2D eigenvalue weighted by atomic mass is 10.1. The molecule has 0 spiro atoms. The molecule has 138 valence electrons. The molecule has 0 unspecified atom stereocenters. The molecule has 1 aliphatic heterocycles. The Hall–Kier alpha value is -1.98. The summed E-state index contributed by atoms with van der Waals surface area (Å²) in [5, 5.41) is 14.2. The molecule has 0 radical (unpaired) electrons. The molecule has 3 rings (SSSR count). The molecule has 0 atom stereocenters. The third-order valence-corrected chi connectivity index (χ3v) is 6.41. The molecule has 1 amide bonds. The number of thioether (sulfide) groups is 1. The van der Waals surface area contributed by atoms with Crippen LogP contribution in [0.3, 0.4) is 0 Å². The minimum atomic E-state index is -3.68. The number of fused-ring (bicyclic) bond motifs is 1. The third-order valence-electron chi connectivity index (χ3n) is 3.10. The Kier molecular flexibility index (Phi) is 5.04. The number of sulfonamides is 1. The van der Waals surface area contributed by atoms with E-state index < -0.39 is 10.0 Å². The number of carbonyl (C=O) groups excluding carboxylic acids is 1. The predicted octanol–water partition coefficient (Wildman–Crippen LogP) is 2.11. The maximum absolute atomic E-state index is 12.0. The standard InChI is InChI=1S/C15H17N5O3S3/c1-15(2,3)17-11(21)8-24-14-19-18-13(25-14)16-12-9-6-4-5-7-10(9)26(22,23)20-12/h4-7H,8H2,1-3H3,(H,17,21)(H,16,18,20). The van der Waals surface area contributed by atoms with Crippen LogP contribution >= 0.6 is 23.1 Å². The van der Waals surface area contributed by atoms with Gasteiger partial charge in [-0.05, 0) is 32.9 Å². The highest BCUT2D eigenvalue weighted by Crippen LogP contribution is 2.29. The van der Waals surface area contributed by atoms with Gasteiger partial charge in [0.25, 0.3) is 10.0 Å². The van der Waals surface area contributed by atoms with Crippen molar-refractivity contribution in [2.75, 3.05) is 11.1 Å². The number of carbonyl (C=O) groups is 1. The van der Waals surface area contributed by atoms with E-state index in [4.69, 9.17) is 0 Å². The Bertz CT molecular complexity index is 976. The molecule has 0 saturated heterocycles. The van der Waals surface area contributed by atoms with E-state index in [-0.39, 0.29) is 27.9 Å². The van der Waals surface area contributed by atoms with E-state index in [0.29, 0.717) is 15.0 Å². The lowest BCUT2D eigenvalue weighted by Gasteiger charge is -2.19. The molecule has 0 fully saturated rings. The first-order valence-electron chi connectivity index (χ1n) is 7.63. The number of aromatic nitrogens is 2. The second-order valence-electron chi connectivity index (χ2n) is 6.50. The minimum Gasteiger partial charge on any atom is -0.351 e. The van der Waals surface area contributed by atoms with E-state index >= 15 is 0 Å². The van der Waals surface area contributed by atoms with Crippen LogP contribution in [-0.4, -0.2) is 41.6 Å². The molecule has 2 N–H and O–H groups in total. The zero-order chi connectivity index (χ0) is 18.9. The summed E-state index contributed by atoms with van der Waals surface area (Å²) in [6.07, 6.45) is 0. The topological polar surface area (TPSA) is 113 Å². The lowest BCUT2D eigenvalue weighted by Crippen LogP contribution is -2.41. The van der Waals surface area contributed by atoms with Crippen molar-refractivity contribution in [2.24, 2.45) is 4.40 Å². The molecular weight excluding hydrogens is 394 g/mol. The van der Waals surface area contributed by atoms with Crippen LogP contribution in [0.4, 0.5) is 5.13 Å². The molecule has 1 aliphatic rings. The summed E-state index contributed by atoms with van der Waals surface area (Å²) < 4.78 is 28.4. The van der Waals surface area contributed by atoms with Gasteiger partial charge >= 0.3 is 0 Å². The highest BCUT2D eigenvalue weighted by molar-refractivity contribution is 8.01. The van der Waals surface area contributed by atoms with Crippen molar-refractivity contribution in [1.82, 2.24) is 15.5 Å². The Balaban J connectivity index is 1.66. The van der Waals surface area contributed by atoms with Crippen molar-refractivity contribution in [1.29, 1.82) is 0 Å². The Morgan fingerprint density at radius 1 is 1.23 bits per heavy atom. The minimum absolute atomic E-state index is 0.0904. The van der Waals surface area contributed by atoms with E-state index in [9.17, 15) is 13.2 Å². The van der Waals surface area contributed by atoms with E-state index in [1.54, 1.807) is 18.2 Å². The van der Waals surface area contributed by atoms with Crippen LogP contribution in [0.15, 0.2) is 37.9 Å². The van der Waals surface area contributed by atoms with Crippen molar-refractivity contribution in [3.8, 4) is 0 Å². The molecule has 1 aromatic heterocycles. The molecular formula is C15H17N5O3S3. The maximum Gasteiger partial charge on any atom is 0.285 e. The van der Waals surface area contributed by atoms with Gasteiger partial charge in [-0.25, -0.2) is 0 Å². The molecule has 0 bridgehead atoms. The molecule has 0 aliphatic carbocycles. The van der Waals surface area contributed by atoms with Crippen LogP contribution in [0.5, 0.6) is 0 Å². The van der Waals surface area contributed by atoms with Crippen LogP contribution in [0, 0.1) is 0 Å². The number of amides is 1. The molecule has 11 heteroatoms. The molecule has 2 aromatic rings. The SMILES string of the molecule is CC(C)(C)NC(=O)CSc1nnc(NC2=NS(=O)(=O)c3ccccc32)s1. The number of hydrogen-bond acceptors (Lipinski definition) is 8. The van der Waals surface area contributed by atoms with Gasteiger partial charge in [-0.3, -0.25) is 4.79 Å². The summed E-state index contributed by atoms with van der Waals surface area (Å²) >= 11 is 2.50. The number of hydrogen-bond donors (Lipinski definition) is 2. The van der Waals surface area contributed by atoms with Gasteiger partial charge in [-0.1, -0.05) is 35.2 Å². The summed E-state index contributed by atoms with van der Waals surface area (Å²) in [5.74, 6) is 0.357. The zero-order valence-electron chi connectivity index (χ0n) is 14.3. The fourth-order valence-corrected chi connectivity index (χ4v) is 4.92. The Labute approximate surface area is 159 Å². The highest BCUT2D eigenvalue weighted by Gasteiger charge is 2.29. The van der Waals surface area contributed by atoms with Crippen LogP contribution in [0.1, 0.15) is 26.3 Å². The summed E-state index contributed by atoms with van der Waals surface area (Å²) in [6.45, 7) is 5.74. The van der Waals surface area contributed by atoms with Gasteiger partial charge in [-0.2, -0.15) is 8.42 Å². The summed E-state index contributed by atoms with van der Waals surface area (Å²) in [5.41, 5.74) is 0.215. The van der Waals surface area contributed by atoms with Gasteiger partial charge in [0.2, 0.25) is 11.0 Å². The fourth-order valence-electron chi connectivity index (χ4n) is 2.20. The number of amidine groups is 1. The molecule has 0 saturated carbocycles. The largest absolute Gasteiger partial charge is 0.351 e. The normalized spacial score (nSPS) is 15.3. The fraction of sp³-hybridized carbons (Fsp3) is 0.333. The van der Waals surface area contributed by atoms with E-state index in [0.717, 1.165) is 0 Å². The maximum atomic E-state index is 12.0. The average Bonchev–Trinajstić information content (AvgIpc) is 3.07. The van der Waals surface area contributed by atoms with Crippen molar-refractivity contribution in [3.05, 3.63) is 29.8 Å². The molecule has 26 heavy (non-hydrogen) atoms. The third kappa shape index (κ3) is 4.40. The smallest absolute Gasteiger partial charge is 0.285 e. The van der Waals surface area contributed by atoms with Crippen molar-refractivity contribution >= 4 is 50.0 Å². The van der Waals surface area contributed by atoms with Gasteiger partial charge in [0, 0.05) is 11.1 Å².